The van der Waals surface area contributed by atoms with Gasteiger partial charge in [-0.3, -0.25) is 0 Å². The van der Waals surface area contributed by atoms with Crippen LogP contribution in [0.15, 0.2) is 28.7 Å². The molecule has 0 unspecified atom stereocenters. The Hall–Kier alpha value is -0.810. The molecule has 0 amide bonds. The average molecular weight is 316 g/mol. The van der Waals surface area contributed by atoms with E-state index in [1.165, 1.54) is 0 Å². The summed E-state index contributed by atoms with van der Waals surface area (Å²) in [6.07, 6.45) is 0. The molecule has 2 rings (SSSR count). The van der Waals surface area contributed by atoms with Gasteiger partial charge in [-0.05, 0) is 28.1 Å². The van der Waals surface area contributed by atoms with Crippen molar-refractivity contribution >= 4 is 36.7 Å². The Labute approximate surface area is 109 Å². The second-order valence-corrected chi connectivity index (χ2v) is 7.26. The molecular weight excluding hydrogens is 302 g/mol. The summed E-state index contributed by atoms with van der Waals surface area (Å²) in [7, 11) is -1.10. The van der Waals surface area contributed by atoms with Crippen LogP contribution in [0.5, 0.6) is 0 Å². The second kappa shape index (κ2) is 4.46. The van der Waals surface area contributed by atoms with Crippen LogP contribution in [0.25, 0.3) is 10.9 Å². The van der Waals surface area contributed by atoms with E-state index < -0.39 is 9.84 Å². The van der Waals surface area contributed by atoms with Crippen LogP contribution in [0.2, 0.25) is 0 Å². The van der Waals surface area contributed by atoms with Crippen molar-refractivity contribution in [3.63, 3.8) is 0 Å². The summed E-state index contributed by atoms with van der Waals surface area (Å²) in [5, 5.41) is 1.06. The van der Waals surface area contributed by atoms with Crippen molar-refractivity contribution < 1.29 is 8.42 Å². The quantitative estimate of drug-likeness (QED) is 0.873. The number of fused-ring (bicyclic) bond motifs is 1. The summed E-state index contributed by atoms with van der Waals surface area (Å²) in [4.78, 5) is 0. The number of hydrogen-bond donors (Lipinski definition) is 0. The van der Waals surface area contributed by atoms with Crippen molar-refractivity contribution in [3.8, 4) is 0 Å². The molecule has 17 heavy (non-hydrogen) atoms. The van der Waals surface area contributed by atoms with Crippen LogP contribution in [0.4, 0.5) is 0 Å². The van der Waals surface area contributed by atoms with E-state index in [-0.39, 0.29) is 11.5 Å². The molecule has 3 nitrogen and oxygen atoms in total. The highest BCUT2D eigenvalue weighted by molar-refractivity contribution is 9.10. The minimum absolute atomic E-state index is 0.0983. The normalized spacial score (nSPS) is 12.2. The van der Waals surface area contributed by atoms with Gasteiger partial charge in [-0.1, -0.05) is 19.1 Å². The van der Waals surface area contributed by atoms with Gasteiger partial charge in [0, 0.05) is 28.4 Å². The lowest BCUT2D eigenvalue weighted by Crippen LogP contribution is -2.09. The standard InChI is InChI=1S/C12H14BrNO2S/c1-3-17(15,16)8-10-7-9-5-4-6-11(13)12(9)14(10)2/h4-7H,3,8H2,1-2H3. The first-order chi connectivity index (χ1) is 7.94. The molecule has 0 bridgehead atoms. The second-order valence-electron chi connectivity index (χ2n) is 4.05. The zero-order chi connectivity index (χ0) is 12.6. The summed E-state index contributed by atoms with van der Waals surface area (Å²) >= 11 is 3.49. The van der Waals surface area contributed by atoms with Gasteiger partial charge in [0.25, 0.3) is 0 Å². The van der Waals surface area contributed by atoms with E-state index in [1.54, 1.807) is 6.92 Å². The fourth-order valence-corrected chi connectivity index (χ4v) is 3.47. The zero-order valence-corrected chi connectivity index (χ0v) is 12.2. The van der Waals surface area contributed by atoms with Gasteiger partial charge in [0.05, 0.1) is 11.3 Å². The van der Waals surface area contributed by atoms with E-state index in [9.17, 15) is 8.42 Å². The minimum atomic E-state index is -2.99. The topological polar surface area (TPSA) is 39.1 Å². The first-order valence-corrected chi connectivity index (χ1v) is 7.99. The number of aryl methyl sites for hydroxylation is 1. The number of halogens is 1. The van der Waals surface area contributed by atoms with Crippen molar-refractivity contribution in [1.29, 1.82) is 0 Å². The smallest absolute Gasteiger partial charge is 0.155 e. The molecule has 0 spiro atoms. The Morgan fingerprint density at radius 2 is 2.06 bits per heavy atom. The van der Waals surface area contributed by atoms with Crippen LogP contribution in [0.3, 0.4) is 0 Å². The van der Waals surface area contributed by atoms with Gasteiger partial charge in [-0.25, -0.2) is 8.42 Å². The van der Waals surface area contributed by atoms with Gasteiger partial charge in [0.2, 0.25) is 0 Å². The number of para-hydroxylation sites is 1. The van der Waals surface area contributed by atoms with Crippen molar-refractivity contribution in [2.24, 2.45) is 7.05 Å². The summed E-state index contributed by atoms with van der Waals surface area (Å²) in [5.74, 6) is 0.275. The van der Waals surface area contributed by atoms with Crippen LogP contribution < -0.4 is 0 Å². The number of sulfone groups is 1. The highest BCUT2D eigenvalue weighted by Gasteiger charge is 2.14. The van der Waals surface area contributed by atoms with E-state index in [4.69, 9.17) is 0 Å². The predicted molar refractivity (Wildman–Crippen MR) is 73.8 cm³/mol. The monoisotopic (exact) mass is 315 g/mol. The maximum Gasteiger partial charge on any atom is 0.155 e. The molecule has 0 saturated carbocycles. The van der Waals surface area contributed by atoms with Crippen LogP contribution in [-0.2, 0) is 22.6 Å². The molecule has 0 saturated heterocycles. The maximum atomic E-state index is 11.7. The van der Waals surface area contributed by atoms with Crippen LogP contribution in [-0.4, -0.2) is 18.7 Å². The molecule has 0 atom stereocenters. The van der Waals surface area contributed by atoms with Crippen LogP contribution >= 0.6 is 15.9 Å². The average Bonchev–Trinajstić information content (AvgIpc) is 2.57. The fourth-order valence-electron chi connectivity index (χ4n) is 1.89. The van der Waals surface area contributed by atoms with Gasteiger partial charge >= 0.3 is 0 Å². The summed E-state index contributed by atoms with van der Waals surface area (Å²) in [6, 6.07) is 7.83. The van der Waals surface area contributed by atoms with E-state index in [0.717, 1.165) is 21.1 Å². The number of nitrogens with zero attached hydrogens (tertiary/aromatic N) is 1. The number of benzene rings is 1. The molecule has 0 aliphatic carbocycles. The third kappa shape index (κ3) is 2.40. The van der Waals surface area contributed by atoms with Crippen molar-refractivity contribution in [3.05, 3.63) is 34.4 Å². The van der Waals surface area contributed by atoms with E-state index in [1.807, 2.05) is 35.9 Å². The Balaban J connectivity index is 2.58. The van der Waals surface area contributed by atoms with Gasteiger partial charge in [0.15, 0.2) is 9.84 Å². The molecule has 0 N–H and O–H groups in total. The molecular formula is C12H14BrNO2S. The van der Waals surface area contributed by atoms with Crippen LogP contribution in [0, 0.1) is 0 Å². The SMILES string of the molecule is CCS(=O)(=O)Cc1cc2cccc(Br)c2n1C. The van der Waals surface area contributed by atoms with E-state index >= 15 is 0 Å². The Kier molecular flexibility index (Phi) is 3.32. The first-order valence-electron chi connectivity index (χ1n) is 5.38. The Morgan fingerprint density at radius 1 is 1.35 bits per heavy atom. The molecule has 0 aliphatic rings. The van der Waals surface area contributed by atoms with Crippen LogP contribution in [0.1, 0.15) is 12.6 Å². The van der Waals surface area contributed by atoms with Gasteiger partial charge < -0.3 is 4.57 Å². The lowest BCUT2D eigenvalue weighted by Gasteiger charge is -2.05. The highest BCUT2D eigenvalue weighted by atomic mass is 79.9. The summed E-state index contributed by atoms with van der Waals surface area (Å²) in [6.45, 7) is 1.67. The lowest BCUT2D eigenvalue weighted by atomic mass is 10.2. The molecule has 92 valence electrons. The minimum Gasteiger partial charge on any atom is -0.346 e. The maximum absolute atomic E-state index is 11.7. The molecule has 0 aliphatic heterocycles. The molecule has 5 heteroatoms. The van der Waals surface area contributed by atoms with Crippen molar-refractivity contribution in [2.45, 2.75) is 12.7 Å². The highest BCUT2D eigenvalue weighted by Crippen LogP contribution is 2.27. The number of hydrogen-bond acceptors (Lipinski definition) is 2. The largest absolute Gasteiger partial charge is 0.346 e. The molecule has 1 aromatic carbocycles. The fraction of sp³-hybridized carbons (Fsp3) is 0.333. The summed E-state index contributed by atoms with van der Waals surface area (Å²) in [5.41, 5.74) is 1.86. The van der Waals surface area contributed by atoms with Gasteiger partial charge in [-0.2, -0.15) is 0 Å². The Bertz CT molecular complexity index is 658. The van der Waals surface area contributed by atoms with E-state index in [0.29, 0.717) is 0 Å². The van der Waals surface area contributed by atoms with Gasteiger partial charge in [0.1, 0.15) is 0 Å². The first kappa shape index (κ1) is 12.6. The number of aromatic nitrogens is 1. The molecule has 1 heterocycles. The molecule has 0 fully saturated rings. The molecule has 1 aromatic heterocycles. The van der Waals surface area contributed by atoms with Crippen molar-refractivity contribution in [1.82, 2.24) is 4.57 Å². The third-order valence-corrected chi connectivity index (χ3v) is 5.17. The van der Waals surface area contributed by atoms with E-state index in [2.05, 4.69) is 15.9 Å². The summed E-state index contributed by atoms with van der Waals surface area (Å²) < 4.78 is 26.2. The third-order valence-electron chi connectivity index (χ3n) is 2.91. The lowest BCUT2D eigenvalue weighted by molar-refractivity contribution is 0.595. The molecule has 0 radical (unpaired) electrons. The van der Waals surface area contributed by atoms with Gasteiger partial charge in [-0.15, -0.1) is 0 Å². The molecule has 2 aromatic rings. The predicted octanol–water partition coefficient (Wildman–Crippen LogP) is 2.88. The number of rotatable bonds is 3. The van der Waals surface area contributed by atoms with Crippen molar-refractivity contribution in [2.75, 3.05) is 5.75 Å². The Morgan fingerprint density at radius 3 is 2.65 bits per heavy atom. The zero-order valence-electron chi connectivity index (χ0n) is 9.77.